The molecule has 0 rings (SSSR count). The minimum atomic E-state index is -4.39. The molecule has 0 aromatic carbocycles. The quantitative estimate of drug-likeness (QED) is 0.471. The molecule has 0 heterocycles. The van der Waals surface area contributed by atoms with E-state index in [0.29, 0.717) is 10.2 Å². The van der Waals surface area contributed by atoms with Crippen molar-refractivity contribution in [3.05, 3.63) is 0 Å². The van der Waals surface area contributed by atoms with Gasteiger partial charge < -0.3 is 0 Å². The predicted molar refractivity (Wildman–Crippen MR) is 58.7 cm³/mol. The Morgan fingerprint density at radius 1 is 0.684 bits per heavy atom. The third-order valence-corrected chi connectivity index (χ3v) is 2.72. The first kappa shape index (κ1) is 18.7. The van der Waals surface area contributed by atoms with Crippen LogP contribution in [0.1, 0.15) is 32.6 Å². The van der Waals surface area contributed by atoms with Crippen LogP contribution < -0.4 is 0 Å². The molecule has 0 unspecified atom stereocenters. The van der Waals surface area contributed by atoms with Gasteiger partial charge in [-0.05, 0) is 6.92 Å². The van der Waals surface area contributed by atoms with E-state index < -0.39 is 49.4 Å². The van der Waals surface area contributed by atoms with E-state index >= 15 is 0 Å². The standard InChI is InChI=1S/C10H16F8Si/c1-7(11,12)4-9(15,16)6-10(17,18)5-8(13,14)2-3-19/h2-6H2,1,19H3. The lowest BCUT2D eigenvalue weighted by Crippen LogP contribution is -2.37. The van der Waals surface area contributed by atoms with Gasteiger partial charge in [-0.3, -0.25) is 0 Å². The van der Waals surface area contributed by atoms with Crippen LogP contribution in [0.25, 0.3) is 0 Å². The largest absolute Gasteiger partial charge is 0.259 e. The smallest absolute Gasteiger partial charge is 0.207 e. The Bertz CT molecular complexity index is 284. The maximum atomic E-state index is 13.1. The van der Waals surface area contributed by atoms with E-state index in [2.05, 4.69) is 0 Å². The van der Waals surface area contributed by atoms with Crippen molar-refractivity contribution in [3.63, 3.8) is 0 Å². The molecular weight excluding hydrogens is 300 g/mol. The summed E-state index contributed by atoms with van der Waals surface area (Å²) in [6.07, 6.45) is -7.21. The topological polar surface area (TPSA) is 0 Å². The van der Waals surface area contributed by atoms with Crippen LogP contribution in [0, 0.1) is 0 Å². The van der Waals surface area contributed by atoms with Crippen molar-refractivity contribution in [1.29, 1.82) is 0 Å². The molecule has 0 bridgehead atoms. The van der Waals surface area contributed by atoms with Crippen LogP contribution in [0.3, 0.4) is 0 Å². The highest BCUT2D eigenvalue weighted by molar-refractivity contribution is 6.08. The lowest BCUT2D eigenvalue weighted by atomic mass is 9.98. The van der Waals surface area contributed by atoms with Crippen LogP contribution in [-0.4, -0.2) is 33.9 Å². The first-order valence-corrected chi connectivity index (χ1v) is 7.11. The average Bonchev–Trinajstić information content (AvgIpc) is 1.90. The molecule has 0 aromatic rings. The Kier molecular flexibility index (Phi) is 5.86. The molecule has 0 aliphatic carbocycles. The molecule has 0 spiro atoms. The normalized spacial score (nSPS) is 15.0. The minimum Gasteiger partial charge on any atom is -0.207 e. The molecule has 116 valence electrons. The van der Waals surface area contributed by atoms with Gasteiger partial charge in [0.1, 0.15) is 0 Å². The Labute approximate surface area is 109 Å². The van der Waals surface area contributed by atoms with Gasteiger partial charge in [0.25, 0.3) is 23.7 Å². The Morgan fingerprint density at radius 3 is 1.42 bits per heavy atom. The molecule has 0 saturated carbocycles. The van der Waals surface area contributed by atoms with Gasteiger partial charge in [-0.25, -0.2) is 35.1 Å². The summed E-state index contributed by atoms with van der Waals surface area (Å²) in [4.78, 5) is 0. The fourth-order valence-corrected chi connectivity index (χ4v) is 2.52. The van der Waals surface area contributed by atoms with E-state index in [1.54, 1.807) is 0 Å². The van der Waals surface area contributed by atoms with Crippen LogP contribution in [-0.2, 0) is 0 Å². The van der Waals surface area contributed by atoms with Gasteiger partial charge >= 0.3 is 0 Å². The number of halogens is 8. The second kappa shape index (κ2) is 5.97. The highest BCUT2D eigenvalue weighted by Gasteiger charge is 2.51. The zero-order valence-electron chi connectivity index (χ0n) is 10.6. The van der Waals surface area contributed by atoms with Gasteiger partial charge in [-0.2, -0.15) is 0 Å². The van der Waals surface area contributed by atoms with Gasteiger partial charge in [0.05, 0.1) is 19.3 Å². The Morgan fingerprint density at radius 2 is 1.05 bits per heavy atom. The van der Waals surface area contributed by atoms with Crippen LogP contribution in [0.2, 0.25) is 6.04 Å². The molecule has 9 heteroatoms. The summed E-state index contributed by atoms with van der Waals surface area (Å²) in [6, 6.07) is 0.0481. The predicted octanol–water partition coefficient (Wildman–Crippen LogP) is 3.89. The molecule has 0 N–H and O–H groups in total. The van der Waals surface area contributed by atoms with Crippen molar-refractivity contribution in [2.24, 2.45) is 0 Å². The summed E-state index contributed by atoms with van der Waals surface area (Å²) in [5.74, 6) is -16.4. The van der Waals surface area contributed by atoms with Crippen molar-refractivity contribution < 1.29 is 35.1 Å². The first-order chi connectivity index (χ1) is 8.18. The maximum Gasteiger partial charge on any atom is 0.259 e. The average molecular weight is 316 g/mol. The van der Waals surface area contributed by atoms with Crippen molar-refractivity contribution in [2.45, 2.75) is 62.3 Å². The van der Waals surface area contributed by atoms with E-state index in [1.165, 1.54) is 0 Å². The zero-order valence-corrected chi connectivity index (χ0v) is 12.6. The first-order valence-electron chi connectivity index (χ1n) is 5.69. The Hall–Kier alpha value is -0.343. The van der Waals surface area contributed by atoms with Crippen LogP contribution in [0.15, 0.2) is 0 Å². The zero-order chi connectivity index (χ0) is 15.5. The summed E-state index contributed by atoms with van der Waals surface area (Å²) in [6.45, 7) is 0.162. The summed E-state index contributed by atoms with van der Waals surface area (Å²) >= 11 is 0. The van der Waals surface area contributed by atoms with Crippen LogP contribution in [0.5, 0.6) is 0 Å². The molecule has 0 aromatic heterocycles. The molecule has 0 atom stereocenters. The van der Waals surface area contributed by atoms with Gasteiger partial charge in [-0.15, -0.1) is 0 Å². The van der Waals surface area contributed by atoms with Crippen LogP contribution in [0.4, 0.5) is 35.1 Å². The number of alkyl halides is 8. The third kappa shape index (κ3) is 9.23. The third-order valence-electron chi connectivity index (χ3n) is 2.22. The molecular formula is C10H16F8Si. The fraction of sp³-hybridized carbons (Fsp3) is 1.00. The van der Waals surface area contributed by atoms with Crippen molar-refractivity contribution in [2.75, 3.05) is 0 Å². The van der Waals surface area contributed by atoms with Gasteiger partial charge in [-0.1, -0.05) is 6.04 Å². The Balaban J connectivity index is 4.67. The summed E-state index contributed by atoms with van der Waals surface area (Å²) in [5, 5.41) is 0. The summed E-state index contributed by atoms with van der Waals surface area (Å²) in [5.41, 5.74) is 0. The monoisotopic (exact) mass is 316 g/mol. The number of hydrogen-bond donors (Lipinski definition) is 0. The van der Waals surface area contributed by atoms with Gasteiger partial charge in [0.15, 0.2) is 0 Å². The van der Waals surface area contributed by atoms with Crippen molar-refractivity contribution >= 4 is 10.2 Å². The van der Waals surface area contributed by atoms with Gasteiger partial charge in [0.2, 0.25) is 0 Å². The maximum absolute atomic E-state index is 13.1. The second-order valence-electron chi connectivity index (χ2n) is 4.92. The van der Waals surface area contributed by atoms with Crippen molar-refractivity contribution in [3.8, 4) is 0 Å². The molecule has 0 nitrogen and oxygen atoms in total. The van der Waals surface area contributed by atoms with E-state index in [1.807, 2.05) is 0 Å². The fourth-order valence-electron chi connectivity index (χ4n) is 1.79. The SMILES string of the molecule is CC(F)(F)CC(F)(F)CC(F)(F)CC(F)(F)CC[SiH3]. The highest BCUT2D eigenvalue weighted by Crippen LogP contribution is 2.43. The summed E-state index contributed by atoms with van der Waals surface area (Å²) in [7, 11) is 0.376. The molecule has 0 radical (unpaired) electrons. The van der Waals surface area contributed by atoms with Crippen molar-refractivity contribution in [1.82, 2.24) is 0 Å². The minimum absolute atomic E-state index is 0.0481. The van der Waals surface area contributed by atoms with E-state index in [0.717, 1.165) is 0 Å². The molecule has 19 heavy (non-hydrogen) atoms. The number of hydrogen-bond acceptors (Lipinski definition) is 0. The lowest BCUT2D eigenvalue weighted by molar-refractivity contribution is -0.176. The summed E-state index contributed by atoms with van der Waals surface area (Å²) < 4.78 is 103. The van der Waals surface area contributed by atoms with E-state index in [9.17, 15) is 35.1 Å². The molecule has 0 aliphatic heterocycles. The highest BCUT2D eigenvalue weighted by atomic mass is 28.1. The molecule has 0 saturated heterocycles. The molecule has 0 fully saturated rings. The molecule has 0 aliphatic rings. The lowest BCUT2D eigenvalue weighted by Gasteiger charge is -2.27. The van der Waals surface area contributed by atoms with Crippen LogP contribution >= 0.6 is 0 Å². The molecule has 0 amide bonds. The number of rotatable bonds is 8. The van der Waals surface area contributed by atoms with E-state index in [4.69, 9.17) is 0 Å². The van der Waals surface area contributed by atoms with E-state index in [-0.39, 0.29) is 13.0 Å². The second-order valence-corrected chi connectivity index (χ2v) is 5.92. The van der Waals surface area contributed by atoms with Gasteiger partial charge in [0, 0.05) is 16.7 Å².